The lowest BCUT2D eigenvalue weighted by atomic mass is 10.2. The van der Waals surface area contributed by atoms with Crippen molar-refractivity contribution >= 4 is 5.69 Å². The van der Waals surface area contributed by atoms with Crippen LogP contribution in [-0.4, -0.2) is 19.7 Å². The molecule has 1 aromatic carbocycles. The summed E-state index contributed by atoms with van der Waals surface area (Å²) in [5.41, 5.74) is 1.11. The molecule has 7 heteroatoms. The quantitative estimate of drug-likeness (QED) is 0.801. The molecular weight excluding hydrogens is 276 g/mol. The number of halogens is 2. The minimum Gasteiger partial charge on any atom is -0.380 e. The van der Waals surface area contributed by atoms with E-state index in [1.807, 2.05) is 0 Å². The Balaban J connectivity index is 1.68. The molecule has 0 saturated heterocycles. The molecular formula is C14H11F2N5. The summed E-state index contributed by atoms with van der Waals surface area (Å²) in [5, 5.41) is 6.99. The van der Waals surface area contributed by atoms with E-state index in [0.717, 1.165) is 11.8 Å². The number of aromatic nitrogens is 4. The average Bonchev–Trinajstić information content (AvgIpc) is 3.01. The Bertz CT molecular complexity index is 726. The van der Waals surface area contributed by atoms with E-state index < -0.39 is 11.6 Å². The van der Waals surface area contributed by atoms with Gasteiger partial charge in [-0.15, -0.1) is 0 Å². The molecule has 106 valence electrons. The van der Waals surface area contributed by atoms with E-state index in [1.165, 1.54) is 23.1 Å². The number of hydrogen-bond donors (Lipinski definition) is 1. The second-order valence-corrected chi connectivity index (χ2v) is 4.33. The largest absolute Gasteiger partial charge is 0.380 e. The van der Waals surface area contributed by atoms with Crippen LogP contribution in [0.15, 0.2) is 49.2 Å². The maximum absolute atomic E-state index is 13.5. The molecule has 0 aliphatic heterocycles. The van der Waals surface area contributed by atoms with E-state index in [2.05, 4.69) is 20.4 Å². The van der Waals surface area contributed by atoms with Crippen LogP contribution in [0.2, 0.25) is 0 Å². The number of hydrogen-bond acceptors (Lipinski definition) is 4. The number of nitrogens with one attached hydrogen (secondary N) is 1. The molecule has 0 unspecified atom stereocenters. The molecule has 0 atom stereocenters. The first-order valence-electron chi connectivity index (χ1n) is 6.21. The van der Waals surface area contributed by atoms with Gasteiger partial charge in [0.15, 0.2) is 5.82 Å². The molecule has 3 aromatic rings. The zero-order chi connectivity index (χ0) is 14.7. The molecule has 0 fully saturated rings. The molecule has 0 amide bonds. The number of benzene rings is 1. The Morgan fingerprint density at radius 2 is 2.05 bits per heavy atom. The van der Waals surface area contributed by atoms with Gasteiger partial charge in [0.05, 0.1) is 11.9 Å². The van der Waals surface area contributed by atoms with Crippen molar-refractivity contribution < 1.29 is 8.78 Å². The maximum Gasteiger partial charge on any atom is 0.155 e. The summed E-state index contributed by atoms with van der Waals surface area (Å²) < 4.78 is 27.8. The van der Waals surface area contributed by atoms with Gasteiger partial charge in [0.2, 0.25) is 0 Å². The van der Waals surface area contributed by atoms with Crippen LogP contribution in [0.1, 0.15) is 5.56 Å². The van der Waals surface area contributed by atoms with Crippen molar-refractivity contribution in [3.8, 4) is 5.82 Å². The molecule has 0 radical (unpaired) electrons. The van der Waals surface area contributed by atoms with Crippen molar-refractivity contribution in [3.05, 3.63) is 66.4 Å². The third-order valence-corrected chi connectivity index (χ3v) is 2.90. The molecule has 0 saturated carbocycles. The van der Waals surface area contributed by atoms with Crippen molar-refractivity contribution in [1.82, 2.24) is 19.7 Å². The Morgan fingerprint density at radius 3 is 2.71 bits per heavy atom. The highest BCUT2D eigenvalue weighted by molar-refractivity contribution is 5.44. The van der Waals surface area contributed by atoms with Gasteiger partial charge in [-0.25, -0.2) is 23.4 Å². The summed E-state index contributed by atoms with van der Waals surface area (Å²) in [6, 6.07) is 7.06. The molecule has 0 aliphatic carbocycles. The summed E-state index contributed by atoms with van der Waals surface area (Å²) >= 11 is 0. The van der Waals surface area contributed by atoms with Crippen molar-refractivity contribution in [3.63, 3.8) is 0 Å². The van der Waals surface area contributed by atoms with Crippen molar-refractivity contribution in [2.75, 3.05) is 5.32 Å². The molecule has 0 aliphatic rings. The van der Waals surface area contributed by atoms with Crippen molar-refractivity contribution in [2.24, 2.45) is 0 Å². The summed E-state index contributed by atoms with van der Waals surface area (Å²) in [5.74, 6) is -0.532. The summed E-state index contributed by atoms with van der Waals surface area (Å²) in [7, 11) is 0. The van der Waals surface area contributed by atoms with E-state index in [0.29, 0.717) is 11.4 Å². The third-order valence-electron chi connectivity index (χ3n) is 2.90. The second kappa shape index (κ2) is 5.66. The van der Waals surface area contributed by atoms with E-state index in [4.69, 9.17) is 0 Å². The van der Waals surface area contributed by atoms with Crippen LogP contribution in [-0.2, 0) is 6.54 Å². The fourth-order valence-corrected chi connectivity index (χ4v) is 1.82. The topological polar surface area (TPSA) is 55.6 Å². The second-order valence-electron chi connectivity index (χ2n) is 4.33. The maximum atomic E-state index is 13.5. The molecule has 1 N–H and O–H groups in total. The van der Waals surface area contributed by atoms with Gasteiger partial charge in [-0.3, -0.25) is 0 Å². The van der Waals surface area contributed by atoms with Crippen LogP contribution in [0.3, 0.4) is 0 Å². The van der Waals surface area contributed by atoms with Crippen LogP contribution in [0.5, 0.6) is 0 Å². The highest BCUT2D eigenvalue weighted by Crippen LogP contribution is 2.13. The van der Waals surface area contributed by atoms with Crippen LogP contribution >= 0.6 is 0 Å². The van der Waals surface area contributed by atoms with E-state index in [-0.39, 0.29) is 6.54 Å². The van der Waals surface area contributed by atoms with Gasteiger partial charge >= 0.3 is 0 Å². The predicted molar refractivity (Wildman–Crippen MR) is 72.8 cm³/mol. The first kappa shape index (κ1) is 13.2. The van der Waals surface area contributed by atoms with Gasteiger partial charge in [0.25, 0.3) is 0 Å². The van der Waals surface area contributed by atoms with Gasteiger partial charge in [-0.1, -0.05) is 6.07 Å². The first-order chi connectivity index (χ1) is 10.2. The van der Waals surface area contributed by atoms with Crippen molar-refractivity contribution in [2.45, 2.75) is 6.54 Å². The lowest BCUT2D eigenvalue weighted by Gasteiger charge is -2.08. The highest BCUT2D eigenvalue weighted by Gasteiger charge is 2.04. The first-order valence-corrected chi connectivity index (χ1v) is 6.21. The minimum atomic E-state index is -0.588. The normalized spacial score (nSPS) is 10.6. The fraction of sp³-hybridized carbons (Fsp3) is 0.0714. The fourth-order valence-electron chi connectivity index (χ4n) is 1.82. The lowest BCUT2D eigenvalue weighted by Crippen LogP contribution is -2.03. The van der Waals surface area contributed by atoms with E-state index in [1.54, 1.807) is 24.7 Å². The van der Waals surface area contributed by atoms with Gasteiger partial charge in [0, 0.05) is 18.2 Å². The zero-order valence-corrected chi connectivity index (χ0v) is 10.9. The van der Waals surface area contributed by atoms with Gasteiger partial charge < -0.3 is 5.32 Å². The SMILES string of the molecule is Fc1ccc(CNc2ccc(-n3cncn3)nc2)c(F)c1. The third kappa shape index (κ3) is 3.02. The van der Waals surface area contributed by atoms with Gasteiger partial charge in [-0.05, 0) is 18.2 Å². The van der Waals surface area contributed by atoms with E-state index >= 15 is 0 Å². The average molecular weight is 287 g/mol. The molecule has 2 aromatic heterocycles. The van der Waals surface area contributed by atoms with Crippen LogP contribution in [0, 0.1) is 11.6 Å². The Kier molecular flexibility index (Phi) is 3.55. The number of rotatable bonds is 4. The van der Waals surface area contributed by atoms with Crippen LogP contribution in [0.4, 0.5) is 14.5 Å². The standard InChI is InChI=1S/C14H11F2N5/c15-11-2-1-10(13(16)5-11)6-18-12-3-4-14(19-7-12)21-9-17-8-20-21/h1-5,7-9,18H,6H2. The smallest absolute Gasteiger partial charge is 0.155 e. The van der Waals surface area contributed by atoms with Crippen LogP contribution < -0.4 is 5.32 Å². The molecule has 0 spiro atoms. The molecule has 21 heavy (non-hydrogen) atoms. The molecule has 0 bridgehead atoms. The number of nitrogens with zero attached hydrogens (tertiary/aromatic N) is 4. The Labute approximate surface area is 119 Å². The summed E-state index contributed by atoms with van der Waals surface area (Å²) in [6.45, 7) is 0.246. The Hall–Kier alpha value is -2.83. The van der Waals surface area contributed by atoms with Gasteiger partial charge in [-0.2, -0.15) is 5.10 Å². The van der Waals surface area contributed by atoms with Crippen molar-refractivity contribution in [1.29, 1.82) is 0 Å². The Morgan fingerprint density at radius 1 is 1.14 bits per heavy atom. The zero-order valence-electron chi connectivity index (χ0n) is 10.9. The van der Waals surface area contributed by atoms with Gasteiger partial charge in [0.1, 0.15) is 24.3 Å². The van der Waals surface area contributed by atoms with E-state index in [9.17, 15) is 8.78 Å². The number of pyridine rings is 1. The molecule has 3 rings (SSSR count). The monoisotopic (exact) mass is 287 g/mol. The minimum absolute atomic E-state index is 0.246. The predicted octanol–water partition coefficient (Wildman–Crippen LogP) is 2.55. The molecule has 5 nitrogen and oxygen atoms in total. The summed E-state index contributed by atoms with van der Waals surface area (Å²) in [4.78, 5) is 8.05. The lowest BCUT2D eigenvalue weighted by molar-refractivity contribution is 0.574. The number of anilines is 1. The van der Waals surface area contributed by atoms with Crippen LogP contribution in [0.25, 0.3) is 5.82 Å². The summed E-state index contributed by atoms with van der Waals surface area (Å²) in [6.07, 6.45) is 4.58. The molecule has 2 heterocycles. The highest BCUT2D eigenvalue weighted by atomic mass is 19.1.